The molecule has 0 spiro atoms. The number of aromatic carboxylic acids is 2. The summed E-state index contributed by atoms with van der Waals surface area (Å²) in [6.45, 7) is 3.50. The van der Waals surface area contributed by atoms with Crippen LogP contribution < -0.4 is 0 Å². The molecule has 2 aromatic heterocycles. The topological polar surface area (TPSA) is 110 Å². The third-order valence-electron chi connectivity index (χ3n) is 6.78. The summed E-state index contributed by atoms with van der Waals surface area (Å²) in [7, 11) is 0. The number of hydrogen-bond acceptors (Lipinski definition) is 4. The van der Waals surface area contributed by atoms with Crippen molar-refractivity contribution in [2.45, 2.75) is 58.8 Å². The minimum atomic E-state index is -1.26. The number of rotatable bonds is 6. The molecule has 2 heterocycles. The van der Waals surface area contributed by atoms with Gasteiger partial charge >= 0.3 is 11.9 Å². The predicted molar refractivity (Wildman–Crippen MR) is 156 cm³/mol. The first-order valence-electron chi connectivity index (χ1n) is 12.3. The maximum Gasteiger partial charge on any atom is 0.338 e. The van der Waals surface area contributed by atoms with E-state index in [0.717, 1.165) is 37.1 Å². The van der Waals surface area contributed by atoms with E-state index in [1.165, 1.54) is 24.3 Å². The van der Waals surface area contributed by atoms with Gasteiger partial charge in [-0.3, -0.25) is 0 Å². The van der Waals surface area contributed by atoms with Gasteiger partial charge in [-0.2, -0.15) is 0 Å². The second-order valence-corrected chi connectivity index (χ2v) is 9.81. The highest BCUT2D eigenvalue weighted by Crippen LogP contribution is 2.40. The van der Waals surface area contributed by atoms with Crippen LogP contribution in [0.4, 0.5) is 8.78 Å². The quantitative estimate of drug-likeness (QED) is 0.238. The Morgan fingerprint density at radius 3 is 1.37 bits per heavy atom. The average molecular weight is 610 g/mol. The zero-order chi connectivity index (χ0) is 27.1. The Kier molecular flexibility index (Phi) is 10.8. The largest absolute Gasteiger partial charge is 0.478 e. The van der Waals surface area contributed by atoms with Gasteiger partial charge in [-0.25, -0.2) is 28.3 Å². The summed E-state index contributed by atoms with van der Waals surface area (Å²) in [4.78, 5) is 30.6. The number of halogens is 4. The van der Waals surface area contributed by atoms with Gasteiger partial charge in [-0.05, 0) is 74.9 Å². The van der Waals surface area contributed by atoms with Crippen LogP contribution in [0.2, 0.25) is 0 Å². The van der Waals surface area contributed by atoms with Crippen LogP contribution in [0.25, 0.3) is 11.4 Å². The third kappa shape index (κ3) is 7.31. The van der Waals surface area contributed by atoms with E-state index in [2.05, 4.69) is 9.97 Å². The Balaban J connectivity index is 0.000000267. The maximum absolute atomic E-state index is 13.5. The second kappa shape index (κ2) is 13.3. The molecule has 0 aliphatic heterocycles. The van der Waals surface area contributed by atoms with E-state index in [0.29, 0.717) is 34.3 Å². The summed E-state index contributed by atoms with van der Waals surface area (Å²) in [6.07, 6.45) is 11.7. The van der Waals surface area contributed by atoms with Crippen LogP contribution in [-0.2, 0) is 0 Å². The smallest absolute Gasteiger partial charge is 0.338 e. The van der Waals surface area contributed by atoms with Crippen LogP contribution in [0.5, 0.6) is 0 Å². The molecule has 6 rings (SSSR count). The first-order valence-corrected chi connectivity index (χ1v) is 12.3. The van der Waals surface area contributed by atoms with E-state index in [4.69, 9.17) is 10.2 Å². The zero-order valence-electron chi connectivity index (χ0n) is 21.7. The van der Waals surface area contributed by atoms with Crippen molar-refractivity contribution in [3.63, 3.8) is 0 Å². The lowest BCUT2D eigenvalue weighted by Crippen LogP contribution is -2.04. The molecule has 41 heavy (non-hydrogen) atoms. The molecule has 0 radical (unpaired) electrons. The minimum absolute atomic E-state index is 0. The van der Waals surface area contributed by atoms with Crippen molar-refractivity contribution >= 4 is 36.8 Å². The van der Waals surface area contributed by atoms with E-state index in [-0.39, 0.29) is 43.4 Å². The fourth-order valence-corrected chi connectivity index (χ4v) is 4.33. The van der Waals surface area contributed by atoms with Crippen LogP contribution in [-0.4, -0.2) is 41.3 Å². The molecule has 0 unspecified atom stereocenters. The van der Waals surface area contributed by atoms with Crippen molar-refractivity contribution < 1.29 is 28.6 Å². The summed E-state index contributed by atoms with van der Waals surface area (Å²) >= 11 is 0. The third-order valence-corrected chi connectivity index (χ3v) is 6.78. The summed E-state index contributed by atoms with van der Waals surface area (Å²) in [5, 5.41) is 17.9. The van der Waals surface area contributed by atoms with Crippen LogP contribution in [0.1, 0.15) is 88.2 Å². The zero-order valence-corrected chi connectivity index (χ0v) is 23.3. The van der Waals surface area contributed by atoms with Gasteiger partial charge in [0.1, 0.15) is 11.6 Å². The lowest BCUT2D eigenvalue weighted by atomic mass is 10.1. The molecular weight excluding hydrogens is 577 g/mol. The minimum Gasteiger partial charge on any atom is -0.478 e. The molecule has 220 valence electrons. The van der Waals surface area contributed by atoms with E-state index in [9.17, 15) is 18.4 Å². The van der Waals surface area contributed by atoms with Gasteiger partial charge < -0.3 is 19.3 Å². The Morgan fingerprint density at radius 2 is 1.07 bits per heavy atom. The number of imidazole rings is 2. The Labute approximate surface area is 248 Å². The first kappa shape index (κ1) is 33.4. The van der Waals surface area contributed by atoms with Gasteiger partial charge in [-0.1, -0.05) is 7.43 Å². The Bertz CT molecular complexity index is 1450. The number of aromatic nitrogens is 4. The van der Waals surface area contributed by atoms with Gasteiger partial charge in [0.15, 0.2) is 0 Å². The number of hydrogen-bond donors (Lipinski definition) is 2. The average Bonchev–Trinajstić information content (AvgIpc) is 3.79. The number of nitrogens with zero attached hydrogens (tertiary/aromatic N) is 4. The molecule has 0 atom stereocenters. The number of benzene rings is 2. The van der Waals surface area contributed by atoms with Gasteiger partial charge in [0.05, 0.1) is 46.5 Å². The summed E-state index contributed by atoms with van der Waals surface area (Å²) in [5.74, 6) is -2.89. The predicted octanol–water partition coefficient (Wildman–Crippen LogP) is 7.27. The Morgan fingerprint density at radius 1 is 0.732 bits per heavy atom. The highest BCUT2D eigenvalue weighted by atomic mass is 35.5. The van der Waals surface area contributed by atoms with Crippen molar-refractivity contribution in [3.05, 3.63) is 94.6 Å². The van der Waals surface area contributed by atoms with Crippen LogP contribution in [0, 0.1) is 25.5 Å². The fraction of sp³-hybridized carbons (Fsp3) is 0.310. The van der Waals surface area contributed by atoms with Crippen molar-refractivity contribution in [1.29, 1.82) is 0 Å². The summed E-state index contributed by atoms with van der Waals surface area (Å²) in [5.41, 5.74) is 4.06. The molecule has 0 bridgehead atoms. The van der Waals surface area contributed by atoms with Crippen molar-refractivity contribution in [2.24, 2.45) is 0 Å². The van der Waals surface area contributed by atoms with Crippen molar-refractivity contribution in [3.8, 4) is 11.4 Å². The molecule has 2 saturated carbocycles. The molecule has 12 heteroatoms. The molecule has 2 fully saturated rings. The molecule has 4 aromatic rings. The van der Waals surface area contributed by atoms with Crippen LogP contribution in [0.3, 0.4) is 0 Å². The molecular formula is C29H32Cl2F2N4O4. The van der Waals surface area contributed by atoms with Gasteiger partial charge in [0, 0.05) is 24.2 Å². The number of aryl methyl sites for hydroxylation is 2. The highest BCUT2D eigenvalue weighted by Gasteiger charge is 2.27. The van der Waals surface area contributed by atoms with E-state index >= 15 is 0 Å². The van der Waals surface area contributed by atoms with Crippen molar-refractivity contribution in [2.75, 3.05) is 0 Å². The van der Waals surface area contributed by atoms with E-state index in [1.807, 2.05) is 12.4 Å². The lowest BCUT2D eigenvalue weighted by molar-refractivity contribution is 0.0680. The summed E-state index contributed by atoms with van der Waals surface area (Å²) < 4.78 is 30.6. The standard InChI is InChI=1S/2C14H13FN2O2.CH4.2ClH/c2*1-8-4-11(15)10(14(18)19)5-13(8)17-6-12(16-7-17)9-2-3-9;;;/h2*4-7,9H,2-3H2,1H3,(H,18,19);1H4;2*1H. The monoisotopic (exact) mass is 608 g/mol. The first-order chi connectivity index (χ1) is 18.1. The molecule has 0 saturated heterocycles. The van der Waals surface area contributed by atoms with E-state index < -0.39 is 23.6 Å². The highest BCUT2D eigenvalue weighted by molar-refractivity contribution is 5.89. The van der Waals surface area contributed by atoms with E-state index in [1.54, 1.807) is 35.6 Å². The molecule has 2 aromatic carbocycles. The fourth-order valence-electron chi connectivity index (χ4n) is 4.33. The molecule has 8 nitrogen and oxygen atoms in total. The maximum atomic E-state index is 13.5. The normalized spacial score (nSPS) is 13.6. The number of carbonyl (C=O) groups is 2. The number of carboxylic acid groups (broad SMARTS) is 2. The second-order valence-electron chi connectivity index (χ2n) is 9.81. The molecule has 2 N–H and O–H groups in total. The SMILES string of the molecule is C.Cc1cc(F)c(C(=O)O)cc1-n1cnc(C2CC2)c1.Cc1cc(F)c(C(=O)O)cc1-n1cnc(C2CC2)c1.Cl.Cl. The van der Waals surface area contributed by atoms with Crippen LogP contribution >= 0.6 is 24.8 Å². The van der Waals surface area contributed by atoms with Crippen LogP contribution in [0.15, 0.2) is 49.3 Å². The molecule has 0 amide bonds. The van der Waals surface area contributed by atoms with Gasteiger partial charge in [0.2, 0.25) is 0 Å². The number of carboxylic acids is 2. The summed E-state index contributed by atoms with van der Waals surface area (Å²) in [6, 6.07) is 5.20. The van der Waals surface area contributed by atoms with Gasteiger partial charge in [0.25, 0.3) is 0 Å². The van der Waals surface area contributed by atoms with Gasteiger partial charge in [-0.15, -0.1) is 24.8 Å². The Hall–Kier alpha value is -3.76. The molecule has 2 aliphatic rings. The van der Waals surface area contributed by atoms with Crippen molar-refractivity contribution in [1.82, 2.24) is 19.1 Å². The lowest BCUT2D eigenvalue weighted by Gasteiger charge is -2.08. The molecule has 2 aliphatic carbocycles.